The smallest absolute Gasteiger partial charge is 0.407 e. The van der Waals surface area contributed by atoms with E-state index < -0.39 is 97.2 Å². The summed E-state index contributed by atoms with van der Waals surface area (Å²) in [6.07, 6.45) is 1.07. The zero-order chi connectivity index (χ0) is 73.4. The predicted molar refractivity (Wildman–Crippen MR) is 377 cm³/mol. The Morgan fingerprint density at radius 1 is 0.577 bits per heavy atom. The second-order valence-electron chi connectivity index (χ2n) is 28.4. The number of rotatable bonds is 55. The summed E-state index contributed by atoms with van der Waals surface area (Å²) in [5.41, 5.74) is -8.26. The van der Waals surface area contributed by atoms with Gasteiger partial charge in [-0.2, -0.15) is 0 Å². The first-order valence-electron chi connectivity index (χ1n) is 34.1. The highest BCUT2D eigenvalue weighted by atomic mass is 33.1. The number of likely N-dealkylation sites (N-methyl/N-ethyl adjacent to an activating group) is 1. The minimum Gasteiger partial charge on any atom is -0.481 e. The molecule has 4 N–H and O–H groups in total. The normalized spacial score (nSPS) is 16.4. The number of aliphatic carboxylic acids is 1. The van der Waals surface area contributed by atoms with Crippen LogP contribution in [0, 0.1) is 27.1 Å². The molecule has 0 spiro atoms. The maximum absolute atomic E-state index is 15.3. The van der Waals surface area contributed by atoms with Crippen LogP contribution in [0.1, 0.15) is 155 Å². The van der Waals surface area contributed by atoms with E-state index in [1.54, 1.807) is 95.5 Å². The Balaban J connectivity index is 4.11. The number of nitrogens with zero attached hydrogens (tertiary/aromatic N) is 2. The molecule has 556 valence electrons. The lowest BCUT2D eigenvalue weighted by molar-refractivity contribution is -0.168. The summed E-state index contributed by atoms with van der Waals surface area (Å²) in [6, 6.07) is 5.50. The number of carbonyl (C=O) groups excluding carboxylic acids is 7. The van der Waals surface area contributed by atoms with E-state index in [4.69, 9.17) is 52.1 Å². The Labute approximate surface area is 587 Å². The molecular formula is C68H120B2N4O21S2. The number of alkyl carbamates (subject to hydrolysis) is 1. The highest BCUT2D eigenvalue weighted by molar-refractivity contribution is 8.76. The molecule has 0 aliphatic rings. The summed E-state index contributed by atoms with van der Waals surface area (Å²) < 4.78 is 62.5. The summed E-state index contributed by atoms with van der Waals surface area (Å²) in [5, 5.41) is 24.3. The maximum atomic E-state index is 15.3. The first kappa shape index (κ1) is 90.3. The molecule has 97 heavy (non-hydrogen) atoms. The SMILES string of the molecule is CCCCOC(=O)C(C)(CC(C)(CCC)C(=O)O)CC(C)(CBC(C)(CC(C)(CBC(C)(CC(C)(CC)C(=O)OCCOCCOCCOCCOC)C(=O)OCCOCCNC(=O)OC(C)(C)C)C(=O)NCC(C)O)C(=O)OCCSSc1ccccn1)C(=O)OCCN(C)C. The van der Waals surface area contributed by atoms with Gasteiger partial charge in [-0.1, -0.05) is 83.9 Å². The van der Waals surface area contributed by atoms with E-state index in [2.05, 4.69) is 15.6 Å². The molecule has 1 aromatic heterocycles. The van der Waals surface area contributed by atoms with Gasteiger partial charge in [-0.05, 0) is 137 Å². The molecule has 2 amide bonds. The Morgan fingerprint density at radius 3 is 1.59 bits per heavy atom. The van der Waals surface area contributed by atoms with Crippen LogP contribution in [-0.2, 0) is 85.7 Å². The lowest BCUT2D eigenvalue weighted by atomic mass is 9.39. The first-order valence-corrected chi connectivity index (χ1v) is 36.5. The molecule has 0 saturated heterocycles. The van der Waals surface area contributed by atoms with Gasteiger partial charge in [-0.3, -0.25) is 33.6 Å². The number of aliphatic hydroxyl groups is 1. The van der Waals surface area contributed by atoms with Crippen molar-refractivity contribution in [2.75, 3.05) is 139 Å². The standard InChI is InChI=1S/C68H120B2N4O21S2/c1-18-21-29-90-56(80)64(10,45-63(9,25-19-2)54(77)78)46-66(12,57(81)91-31-28-74(15)16)50-70-68(14,59(83)94-42-43-96-97-52-24-22-23-26-71-52)48-65(11,53(76)73-44-51(4)75)49-69-67(13,58(82)93-41-38-86-30-27-72-60(84)95-61(5,6)7)47-62(8,20-3)55(79)92-40-39-89-37-36-88-35-34-87-33-32-85-17/h22-24,26,51,69-70,75H,18-21,25,27-50H2,1-17H3,(H,72,84)(H,73,76)(H,77,78). The largest absolute Gasteiger partial charge is 0.481 e. The third-order valence-electron chi connectivity index (χ3n) is 16.9. The van der Waals surface area contributed by atoms with Crippen LogP contribution in [0.4, 0.5) is 4.79 Å². The number of hydrogen-bond acceptors (Lipinski definition) is 24. The highest BCUT2D eigenvalue weighted by Crippen LogP contribution is 2.52. The Morgan fingerprint density at radius 2 is 1.07 bits per heavy atom. The number of carbonyl (C=O) groups is 8. The fourth-order valence-corrected chi connectivity index (χ4v) is 13.0. The van der Waals surface area contributed by atoms with Gasteiger partial charge in [0.2, 0.25) is 5.91 Å². The zero-order valence-corrected chi connectivity index (χ0v) is 63.3. The molecule has 0 aliphatic heterocycles. The number of unbranched alkanes of at least 4 members (excludes halogenated alkanes) is 1. The molecule has 0 radical (unpaired) electrons. The van der Waals surface area contributed by atoms with Gasteiger partial charge >= 0.3 is 41.9 Å². The van der Waals surface area contributed by atoms with Crippen LogP contribution in [0.5, 0.6) is 0 Å². The van der Waals surface area contributed by atoms with Crippen LogP contribution < -0.4 is 10.6 Å². The number of aromatic nitrogens is 1. The number of carboxylic acids is 1. The Hall–Kier alpha value is -4.74. The van der Waals surface area contributed by atoms with E-state index >= 15 is 14.4 Å². The van der Waals surface area contributed by atoms with Crippen molar-refractivity contribution < 1.29 is 101 Å². The van der Waals surface area contributed by atoms with Crippen LogP contribution in [0.15, 0.2) is 29.4 Å². The van der Waals surface area contributed by atoms with Crippen LogP contribution in [-0.4, -0.2) is 233 Å². The molecule has 25 nitrogen and oxygen atoms in total. The summed E-state index contributed by atoms with van der Waals surface area (Å²) >= 11 is 0. The number of ether oxygens (including phenoxy) is 11. The molecule has 0 aromatic carbocycles. The fraction of sp³-hybridized carbons (Fsp3) is 0.809. The van der Waals surface area contributed by atoms with E-state index in [1.165, 1.54) is 28.5 Å². The van der Waals surface area contributed by atoms with Crippen LogP contribution in [0.25, 0.3) is 0 Å². The van der Waals surface area contributed by atoms with Crippen LogP contribution in [0.3, 0.4) is 0 Å². The van der Waals surface area contributed by atoms with Gasteiger partial charge < -0.3 is 77.9 Å². The molecule has 8 atom stereocenters. The minimum atomic E-state index is -1.66. The van der Waals surface area contributed by atoms with E-state index in [0.717, 1.165) is 5.03 Å². The Bertz CT molecular complexity index is 2510. The van der Waals surface area contributed by atoms with Crippen molar-refractivity contribution in [1.29, 1.82) is 0 Å². The maximum Gasteiger partial charge on any atom is 0.407 e. The van der Waals surface area contributed by atoms with E-state index in [1.807, 2.05) is 45.0 Å². The van der Waals surface area contributed by atoms with E-state index in [9.17, 15) is 34.2 Å². The number of pyridine rings is 1. The molecule has 0 fully saturated rings. The number of hydrogen-bond donors (Lipinski definition) is 4. The first-order chi connectivity index (χ1) is 45.5. The van der Waals surface area contributed by atoms with Gasteiger partial charge in [0.25, 0.3) is 0 Å². The molecule has 29 heteroatoms. The summed E-state index contributed by atoms with van der Waals surface area (Å²) in [7, 11) is 7.75. The third kappa shape index (κ3) is 35.4. The summed E-state index contributed by atoms with van der Waals surface area (Å²) in [5.74, 6) is -4.82. The van der Waals surface area contributed by atoms with Gasteiger partial charge in [-0.25, -0.2) is 9.78 Å². The van der Waals surface area contributed by atoms with Crippen LogP contribution >= 0.6 is 21.6 Å². The molecule has 0 bridgehead atoms. The number of nitrogens with one attached hydrogen (secondary N) is 2. The van der Waals surface area contributed by atoms with Gasteiger partial charge in [0.1, 0.15) is 51.6 Å². The van der Waals surface area contributed by atoms with Gasteiger partial charge in [-0.15, -0.1) is 0 Å². The lowest BCUT2D eigenvalue weighted by Crippen LogP contribution is -2.49. The van der Waals surface area contributed by atoms with Crippen molar-refractivity contribution >= 4 is 84.0 Å². The monoisotopic (exact) mass is 1410 g/mol. The summed E-state index contributed by atoms with van der Waals surface area (Å²) in [4.78, 5) is 121. The molecule has 0 saturated carbocycles. The number of esters is 5. The summed E-state index contributed by atoms with van der Waals surface area (Å²) in [6.45, 7) is 25.8. The zero-order valence-electron chi connectivity index (χ0n) is 61.7. The van der Waals surface area contributed by atoms with Gasteiger partial charge in [0, 0.05) is 54.7 Å². The fourth-order valence-electron chi connectivity index (χ4n) is 11.3. The average molecular weight is 1420 g/mol. The molecule has 0 aliphatic carbocycles. The number of carboxylic acid groups (broad SMARTS) is 1. The number of amides is 2. The molecular weight excluding hydrogens is 1290 g/mol. The van der Waals surface area contributed by atoms with Crippen molar-refractivity contribution in [3.8, 4) is 0 Å². The average Bonchev–Trinajstić information content (AvgIpc) is 0.798. The molecule has 1 rings (SSSR count). The molecule has 1 heterocycles. The number of methoxy groups -OCH3 is 1. The van der Waals surface area contributed by atoms with Crippen molar-refractivity contribution in [3.05, 3.63) is 24.4 Å². The van der Waals surface area contributed by atoms with Crippen molar-refractivity contribution in [2.45, 2.75) is 195 Å². The number of aliphatic hydroxyl groups excluding tert-OH is 1. The second-order valence-corrected chi connectivity index (χ2v) is 30.8. The van der Waals surface area contributed by atoms with Gasteiger partial charge in [0.15, 0.2) is 0 Å². The third-order valence-corrected chi connectivity index (χ3v) is 19.2. The Kier molecular flexibility index (Phi) is 42.7. The highest BCUT2D eigenvalue weighted by Gasteiger charge is 2.55. The van der Waals surface area contributed by atoms with Crippen molar-refractivity contribution in [1.82, 2.24) is 20.5 Å². The van der Waals surface area contributed by atoms with Crippen molar-refractivity contribution in [3.63, 3.8) is 0 Å². The van der Waals surface area contributed by atoms with E-state index in [-0.39, 0.29) is 145 Å². The topological polar surface area (TPSA) is 319 Å². The van der Waals surface area contributed by atoms with Crippen molar-refractivity contribution in [2.24, 2.45) is 27.1 Å². The predicted octanol–water partition coefficient (Wildman–Crippen LogP) is 8.59. The lowest BCUT2D eigenvalue weighted by Gasteiger charge is -2.43. The van der Waals surface area contributed by atoms with E-state index in [0.29, 0.717) is 58.0 Å². The second kappa shape index (κ2) is 45.9. The molecule has 1 aromatic rings. The minimum absolute atomic E-state index is 0.0367. The van der Waals surface area contributed by atoms with Gasteiger partial charge in [0.05, 0.1) is 93.8 Å². The quantitative estimate of drug-likeness (QED) is 0.0156. The molecule has 8 unspecified atom stereocenters. The van der Waals surface area contributed by atoms with Crippen LogP contribution in [0.2, 0.25) is 23.3 Å².